The van der Waals surface area contributed by atoms with Gasteiger partial charge in [0.25, 0.3) is 0 Å². The van der Waals surface area contributed by atoms with Crippen LogP contribution in [0.15, 0.2) is 30.3 Å². The highest BCUT2D eigenvalue weighted by atomic mass is 14.9. The fourth-order valence-corrected chi connectivity index (χ4v) is 1.41. The summed E-state index contributed by atoms with van der Waals surface area (Å²) in [5, 5.41) is 17.6. The summed E-state index contributed by atoms with van der Waals surface area (Å²) in [4.78, 5) is 7.93. The van der Waals surface area contributed by atoms with Gasteiger partial charge in [-0.1, -0.05) is 30.3 Å². The number of hydrogen-bond acceptors (Lipinski definition) is 5. The third-order valence-electron chi connectivity index (χ3n) is 2.18. The average Bonchev–Trinajstić information content (AvgIpc) is 2.39. The summed E-state index contributed by atoms with van der Waals surface area (Å²) < 4.78 is 0. The highest BCUT2D eigenvalue weighted by Gasteiger charge is 2.12. The molecule has 0 aliphatic heterocycles. The van der Waals surface area contributed by atoms with Crippen LogP contribution in [0.5, 0.6) is 0 Å². The lowest BCUT2D eigenvalue weighted by Gasteiger charge is -2.04. The Hall–Kier alpha value is -2.92. The van der Waals surface area contributed by atoms with E-state index < -0.39 is 0 Å². The molecule has 5 heteroatoms. The van der Waals surface area contributed by atoms with Crippen LogP contribution in [0.3, 0.4) is 0 Å². The molecule has 2 rings (SSSR count). The highest BCUT2D eigenvalue weighted by Crippen LogP contribution is 2.22. The average molecular weight is 221 g/mol. The van der Waals surface area contributed by atoms with Gasteiger partial charge >= 0.3 is 0 Å². The number of aromatic nitrogens is 2. The summed E-state index contributed by atoms with van der Waals surface area (Å²) in [6, 6.07) is 12.8. The van der Waals surface area contributed by atoms with Crippen LogP contribution in [-0.2, 0) is 0 Å². The topological polar surface area (TPSA) is 99.4 Å². The molecule has 5 nitrogen and oxygen atoms in total. The van der Waals surface area contributed by atoms with E-state index in [1.807, 2.05) is 36.4 Å². The van der Waals surface area contributed by atoms with Gasteiger partial charge in [-0.15, -0.1) is 0 Å². The zero-order chi connectivity index (χ0) is 12.3. The van der Waals surface area contributed by atoms with E-state index in [1.54, 1.807) is 6.07 Å². The van der Waals surface area contributed by atoms with Crippen LogP contribution in [0.25, 0.3) is 11.3 Å². The van der Waals surface area contributed by atoms with E-state index in [1.165, 1.54) is 0 Å². The number of rotatable bonds is 1. The van der Waals surface area contributed by atoms with E-state index in [2.05, 4.69) is 9.97 Å². The van der Waals surface area contributed by atoms with Crippen molar-refractivity contribution in [3.05, 3.63) is 41.7 Å². The fourth-order valence-electron chi connectivity index (χ4n) is 1.41. The smallest absolute Gasteiger partial charge is 0.179 e. The molecule has 0 atom stereocenters. The first kappa shape index (κ1) is 10.6. The monoisotopic (exact) mass is 221 g/mol. The maximum Gasteiger partial charge on any atom is 0.179 e. The van der Waals surface area contributed by atoms with Crippen molar-refractivity contribution in [2.75, 3.05) is 5.73 Å². The maximum absolute atomic E-state index is 8.87. The molecular weight excluding hydrogens is 214 g/mol. The molecule has 0 saturated heterocycles. The number of benzene rings is 1. The van der Waals surface area contributed by atoms with E-state index in [0.29, 0.717) is 5.69 Å². The third-order valence-corrected chi connectivity index (χ3v) is 2.18. The van der Waals surface area contributed by atoms with Crippen LogP contribution in [0.1, 0.15) is 11.4 Å². The molecule has 0 amide bonds. The summed E-state index contributed by atoms with van der Waals surface area (Å²) in [6.07, 6.45) is 0. The highest BCUT2D eigenvalue weighted by molar-refractivity contribution is 5.70. The number of anilines is 1. The van der Waals surface area contributed by atoms with E-state index in [9.17, 15) is 0 Å². The Balaban J connectivity index is 2.66. The molecule has 2 aromatic rings. The van der Waals surface area contributed by atoms with Crippen molar-refractivity contribution in [3.63, 3.8) is 0 Å². The predicted molar refractivity (Wildman–Crippen MR) is 61.3 cm³/mol. The molecule has 17 heavy (non-hydrogen) atoms. The Kier molecular flexibility index (Phi) is 2.68. The minimum Gasteiger partial charge on any atom is -0.382 e. The van der Waals surface area contributed by atoms with Crippen LogP contribution in [0.2, 0.25) is 0 Å². The number of nitrogen functional groups attached to an aromatic ring is 1. The lowest BCUT2D eigenvalue weighted by molar-refractivity contribution is 1.14. The van der Waals surface area contributed by atoms with Crippen molar-refractivity contribution in [1.29, 1.82) is 10.5 Å². The van der Waals surface area contributed by atoms with Gasteiger partial charge in [0.05, 0.1) is 0 Å². The minimum absolute atomic E-state index is 0.0134. The largest absolute Gasteiger partial charge is 0.382 e. The summed E-state index contributed by atoms with van der Waals surface area (Å²) in [5.74, 6) is 0.145. The number of nitrogens with zero attached hydrogens (tertiary/aromatic N) is 4. The van der Waals surface area contributed by atoms with E-state index in [0.717, 1.165) is 5.56 Å². The van der Waals surface area contributed by atoms with Crippen molar-refractivity contribution >= 4 is 5.82 Å². The molecule has 0 aliphatic rings. The molecule has 2 N–H and O–H groups in total. The quantitative estimate of drug-likeness (QED) is 0.785. The Morgan fingerprint density at radius 3 is 2.12 bits per heavy atom. The Morgan fingerprint density at radius 1 is 0.941 bits per heavy atom. The van der Waals surface area contributed by atoms with E-state index in [4.69, 9.17) is 16.3 Å². The van der Waals surface area contributed by atoms with Crippen molar-refractivity contribution in [2.45, 2.75) is 0 Å². The number of nitriles is 2. The van der Waals surface area contributed by atoms with Gasteiger partial charge in [-0.3, -0.25) is 0 Å². The first-order chi connectivity index (χ1) is 8.26. The van der Waals surface area contributed by atoms with Crippen molar-refractivity contribution < 1.29 is 0 Å². The lowest BCUT2D eigenvalue weighted by atomic mass is 10.1. The molecule has 1 heterocycles. The molecule has 0 aliphatic carbocycles. The van der Waals surface area contributed by atoms with Crippen LogP contribution < -0.4 is 5.73 Å². The molecule has 0 unspecified atom stereocenters. The van der Waals surface area contributed by atoms with Gasteiger partial charge in [-0.05, 0) is 0 Å². The SMILES string of the molecule is N#Cc1nc(N)c(-c2ccccc2)nc1C#N. The maximum atomic E-state index is 8.87. The van der Waals surface area contributed by atoms with Crippen LogP contribution in [0, 0.1) is 22.7 Å². The first-order valence-corrected chi connectivity index (χ1v) is 4.79. The van der Waals surface area contributed by atoms with Gasteiger partial charge in [0, 0.05) is 5.56 Å². The summed E-state index contributed by atoms with van der Waals surface area (Å²) in [5.41, 5.74) is 6.83. The summed E-state index contributed by atoms with van der Waals surface area (Å²) in [6.45, 7) is 0. The molecule has 0 fully saturated rings. The minimum atomic E-state index is -0.0512. The number of hydrogen-bond donors (Lipinski definition) is 1. The van der Waals surface area contributed by atoms with Crippen LogP contribution >= 0.6 is 0 Å². The van der Waals surface area contributed by atoms with Gasteiger partial charge in [0.2, 0.25) is 0 Å². The van der Waals surface area contributed by atoms with Gasteiger partial charge < -0.3 is 5.73 Å². The van der Waals surface area contributed by atoms with Crippen molar-refractivity contribution in [1.82, 2.24) is 9.97 Å². The van der Waals surface area contributed by atoms with Crippen molar-refractivity contribution in [2.24, 2.45) is 0 Å². The molecule has 0 spiro atoms. The second-order valence-electron chi connectivity index (χ2n) is 3.24. The van der Waals surface area contributed by atoms with Gasteiger partial charge in [-0.2, -0.15) is 10.5 Å². The molecule has 1 aromatic heterocycles. The third kappa shape index (κ3) is 1.90. The van der Waals surface area contributed by atoms with Crippen LogP contribution in [0.4, 0.5) is 5.82 Å². The Morgan fingerprint density at radius 2 is 1.53 bits per heavy atom. The van der Waals surface area contributed by atoms with Gasteiger partial charge in [0.1, 0.15) is 17.8 Å². The standard InChI is InChI=1S/C12H7N5/c13-6-9-10(7-14)17-12(15)11(16-9)8-4-2-1-3-5-8/h1-5H,(H2,15,17). The summed E-state index contributed by atoms with van der Waals surface area (Å²) in [7, 11) is 0. The van der Waals surface area contributed by atoms with E-state index >= 15 is 0 Å². The zero-order valence-electron chi connectivity index (χ0n) is 8.75. The molecule has 1 aromatic carbocycles. The lowest BCUT2D eigenvalue weighted by Crippen LogP contribution is -2.03. The number of nitrogens with two attached hydrogens (primary N) is 1. The Bertz CT molecular complexity index is 634. The zero-order valence-corrected chi connectivity index (χ0v) is 8.75. The second kappa shape index (κ2) is 4.30. The van der Waals surface area contributed by atoms with Gasteiger partial charge in [0.15, 0.2) is 17.2 Å². The van der Waals surface area contributed by atoms with Crippen molar-refractivity contribution in [3.8, 4) is 23.4 Å². The van der Waals surface area contributed by atoms with E-state index in [-0.39, 0.29) is 17.2 Å². The molecular formula is C12H7N5. The Labute approximate surface area is 97.8 Å². The van der Waals surface area contributed by atoms with Crippen LogP contribution in [-0.4, -0.2) is 9.97 Å². The normalized spacial score (nSPS) is 9.29. The molecule has 80 valence electrons. The fraction of sp³-hybridized carbons (Fsp3) is 0. The first-order valence-electron chi connectivity index (χ1n) is 4.79. The second-order valence-corrected chi connectivity index (χ2v) is 3.24. The molecule has 0 radical (unpaired) electrons. The summed E-state index contributed by atoms with van der Waals surface area (Å²) >= 11 is 0. The van der Waals surface area contributed by atoms with Gasteiger partial charge in [-0.25, -0.2) is 9.97 Å². The molecule has 0 bridgehead atoms. The predicted octanol–water partition coefficient (Wildman–Crippen LogP) is 1.47. The molecule has 0 saturated carbocycles.